The topological polar surface area (TPSA) is 44.0 Å². The van der Waals surface area contributed by atoms with Gasteiger partial charge >= 0.3 is 0 Å². The smallest absolute Gasteiger partial charge is 0.0915 e. The molecule has 0 heterocycles. The second-order valence-electron chi connectivity index (χ2n) is 6.93. The summed E-state index contributed by atoms with van der Waals surface area (Å²) < 4.78 is 0. The van der Waals surface area contributed by atoms with Crippen LogP contribution in [-0.4, -0.2) is 11.2 Å². The van der Waals surface area contributed by atoms with Gasteiger partial charge in [-0.1, -0.05) is 39.8 Å². The summed E-state index contributed by atoms with van der Waals surface area (Å²) in [6, 6.07) is 6.66. The predicted octanol–water partition coefficient (Wildman–Crippen LogP) is 4.54. The van der Waals surface area contributed by atoms with Gasteiger partial charge in [0.25, 0.3) is 0 Å². The van der Waals surface area contributed by atoms with Gasteiger partial charge in [0.05, 0.1) is 12.2 Å². The van der Waals surface area contributed by atoms with Crippen LogP contribution in [0.4, 0.5) is 0 Å². The number of benzene rings is 1. The Morgan fingerprint density at radius 3 is 2.64 bits per heavy atom. The number of hydrogen-bond acceptors (Lipinski definition) is 2. The number of aliphatic hydroxyl groups is 1. The van der Waals surface area contributed by atoms with Crippen molar-refractivity contribution in [1.82, 2.24) is 0 Å². The molecule has 2 rings (SSSR count). The van der Waals surface area contributed by atoms with Gasteiger partial charge in [-0.05, 0) is 65.3 Å². The van der Waals surface area contributed by atoms with E-state index in [1.807, 2.05) is 6.92 Å². The lowest BCUT2D eigenvalue weighted by molar-refractivity contribution is 0.170. The average Bonchev–Trinajstić information content (AvgIpc) is 2.91. The van der Waals surface area contributed by atoms with Crippen LogP contribution >= 0.6 is 0 Å². The van der Waals surface area contributed by atoms with Gasteiger partial charge in [-0.25, -0.2) is 0 Å². The van der Waals surface area contributed by atoms with Crippen LogP contribution in [0.1, 0.15) is 69.2 Å². The van der Waals surface area contributed by atoms with Crippen LogP contribution in [0.2, 0.25) is 0 Å². The van der Waals surface area contributed by atoms with Crippen LogP contribution < -0.4 is 0 Å². The Bertz CT molecular complexity index is 619. The summed E-state index contributed by atoms with van der Waals surface area (Å²) in [5.41, 5.74) is 6.39. The number of fused-ring (bicyclic) bond motifs is 1. The van der Waals surface area contributed by atoms with Gasteiger partial charge in [-0.2, -0.15) is 5.26 Å². The molecule has 1 aromatic rings. The second-order valence-corrected chi connectivity index (χ2v) is 6.93. The fraction of sp³-hybridized carbons (Fsp3) is 0.550. The van der Waals surface area contributed by atoms with Crippen molar-refractivity contribution in [1.29, 1.82) is 5.26 Å². The molecule has 0 spiro atoms. The van der Waals surface area contributed by atoms with Gasteiger partial charge in [0.2, 0.25) is 0 Å². The second kappa shape index (κ2) is 6.67. The number of nitriles is 1. The van der Waals surface area contributed by atoms with Gasteiger partial charge in [0.15, 0.2) is 0 Å². The minimum Gasteiger partial charge on any atom is -0.393 e. The Morgan fingerprint density at radius 1 is 1.32 bits per heavy atom. The number of allylic oxidation sites excluding steroid dienone is 2. The highest BCUT2D eigenvalue weighted by Gasteiger charge is 2.28. The van der Waals surface area contributed by atoms with Crippen molar-refractivity contribution in [2.24, 2.45) is 0 Å². The SMILES string of the molecule is CCC(O)Cc1c(C(C)(C)CC)ccc2c1C(=CC#N)CC2. The van der Waals surface area contributed by atoms with Crippen LogP contribution in [0.15, 0.2) is 18.2 Å². The molecule has 118 valence electrons. The molecule has 1 unspecified atom stereocenters. The molecule has 2 heteroatoms. The standard InChI is InChI=1S/C20H27NO/c1-5-16(22)13-17-18(20(3,4)6-2)10-9-14-7-8-15(11-12-21)19(14)17/h9-11,16,22H,5-8,13H2,1-4H3. The molecule has 1 aliphatic rings. The molecule has 1 N–H and O–H groups in total. The van der Waals surface area contributed by atoms with Gasteiger partial charge in [-0.3, -0.25) is 0 Å². The zero-order valence-corrected chi connectivity index (χ0v) is 14.2. The summed E-state index contributed by atoms with van der Waals surface area (Å²) >= 11 is 0. The summed E-state index contributed by atoms with van der Waals surface area (Å²) in [7, 11) is 0. The van der Waals surface area contributed by atoms with E-state index in [1.165, 1.54) is 22.3 Å². The molecule has 1 aromatic carbocycles. The minimum absolute atomic E-state index is 0.0815. The number of aryl methyl sites for hydroxylation is 1. The van der Waals surface area contributed by atoms with E-state index < -0.39 is 0 Å². The van der Waals surface area contributed by atoms with Gasteiger partial charge in [0, 0.05) is 6.08 Å². The third-order valence-corrected chi connectivity index (χ3v) is 5.15. The van der Waals surface area contributed by atoms with Crippen molar-refractivity contribution >= 4 is 5.57 Å². The van der Waals surface area contributed by atoms with E-state index >= 15 is 0 Å². The van der Waals surface area contributed by atoms with Crippen molar-refractivity contribution in [3.05, 3.63) is 40.5 Å². The maximum atomic E-state index is 10.2. The van der Waals surface area contributed by atoms with Gasteiger partial charge < -0.3 is 5.11 Å². The predicted molar refractivity (Wildman–Crippen MR) is 91.7 cm³/mol. The molecule has 0 amide bonds. The van der Waals surface area contributed by atoms with Gasteiger partial charge in [-0.15, -0.1) is 0 Å². The number of aliphatic hydroxyl groups excluding tert-OH is 1. The minimum atomic E-state index is -0.318. The summed E-state index contributed by atoms with van der Waals surface area (Å²) in [4.78, 5) is 0. The van der Waals surface area contributed by atoms with Crippen LogP contribution in [0.25, 0.3) is 5.57 Å². The Kier molecular flexibility index (Phi) is 5.08. The Balaban J connectivity index is 2.65. The molecule has 0 saturated carbocycles. The summed E-state index contributed by atoms with van der Waals surface area (Å²) in [6.07, 6.45) is 5.81. The Morgan fingerprint density at radius 2 is 2.05 bits per heavy atom. The van der Waals surface area contributed by atoms with Gasteiger partial charge in [0.1, 0.15) is 0 Å². The molecule has 22 heavy (non-hydrogen) atoms. The summed E-state index contributed by atoms with van der Waals surface area (Å²) in [6.45, 7) is 8.75. The highest BCUT2D eigenvalue weighted by molar-refractivity contribution is 5.77. The molecule has 0 radical (unpaired) electrons. The van der Waals surface area contributed by atoms with Crippen molar-refractivity contribution < 1.29 is 5.11 Å². The first-order valence-electron chi connectivity index (χ1n) is 8.36. The number of hydrogen-bond donors (Lipinski definition) is 1. The number of rotatable bonds is 5. The van der Waals surface area contributed by atoms with E-state index in [-0.39, 0.29) is 11.5 Å². The largest absolute Gasteiger partial charge is 0.393 e. The zero-order valence-electron chi connectivity index (χ0n) is 14.2. The van der Waals surface area contributed by atoms with Crippen LogP contribution in [-0.2, 0) is 18.3 Å². The third-order valence-electron chi connectivity index (χ3n) is 5.15. The van der Waals surface area contributed by atoms with Crippen molar-refractivity contribution in [2.45, 2.75) is 71.3 Å². The molecular formula is C20H27NO. The first-order valence-corrected chi connectivity index (χ1v) is 8.36. The lowest BCUT2D eigenvalue weighted by atomic mass is 9.76. The number of nitrogens with zero attached hydrogens (tertiary/aromatic N) is 1. The highest BCUT2D eigenvalue weighted by Crippen LogP contribution is 2.41. The maximum absolute atomic E-state index is 10.2. The van der Waals surface area contributed by atoms with Crippen molar-refractivity contribution in [3.8, 4) is 6.07 Å². The third kappa shape index (κ3) is 3.10. The Hall–Kier alpha value is -1.59. The van der Waals surface area contributed by atoms with E-state index in [9.17, 15) is 5.11 Å². The average molecular weight is 297 g/mol. The van der Waals surface area contributed by atoms with E-state index in [0.717, 1.165) is 31.3 Å². The summed E-state index contributed by atoms with van der Waals surface area (Å²) in [5, 5.41) is 19.3. The molecule has 1 atom stereocenters. The molecule has 1 aliphatic carbocycles. The highest BCUT2D eigenvalue weighted by atomic mass is 16.3. The molecule has 0 aromatic heterocycles. The van der Waals surface area contributed by atoms with E-state index in [2.05, 4.69) is 39.0 Å². The molecule has 2 nitrogen and oxygen atoms in total. The quantitative estimate of drug-likeness (QED) is 0.811. The van der Waals surface area contributed by atoms with Crippen molar-refractivity contribution in [2.75, 3.05) is 0 Å². The molecule has 0 bridgehead atoms. The molecule has 0 aliphatic heterocycles. The fourth-order valence-corrected chi connectivity index (χ4v) is 3.34. The normalized spacial score (nSPS) is 17.4. The van der Waals surface area contributed by atoms with E-state index in [0.29, 0.717) is 6.42 Å². The van der Waals surface area contributed by atoms with Crippen LogP contribution in [0, 0.1) is 11.3 Å². The Labute approximate surface area is 134 Å². The van der Waals surface area contributed by atoms with Crippen LogP contribution in [0.3, 0.4) is 0 Å². The monoisotopic (exact) mass is 297 g/mol. The van der Waals surface area contributed by atoms with E-state index in [4.69, 9.17) is 5.26 Å². The molecule has 0 fully saturated rings. The lowest BCUT2D eigenvalue weighted by Crippen LogP contribution is -2.22. The fourth-order valence-electron chi connectivity index (χ4n) is 3.34. The first kappa shape index (κ1) is 16.8. The molecule has 0 saturated heterocycles. The lowest BCUT2D eigenvalue weighted by Gasteiger charge is -2.29. The van der Waals surface area contributed by atoms with E-state index in [1.54, 1.807) is 6.08 Å². The molecular weight excluding hydrogens is 270 g/mol. The van der Waals surface area contributed by atoms with Crippen LogP contribution in [0.5, 0.6) is 0 Å². The maximum Gasteiger partial charge on any atom is 0.0915 e. The van der Waals surface area contributed by atoms with Crippen molar-refractivity contribution in [3.63, 3.8) is 0 Å². The summed E-state index contributed by atoms with van der Waals surface area (Å²) in [5.74, 6) is 0. The first-order chi connectivity index (χ1) is 10.4. The zero-order chi connectivity index (χ0) is 16.3.